The summed E-state index contributed by atoms with van der Waals surface area (Å²) in [4.78, 5) is 14.0. The van der Waals surface area contributed by atoms with Crippen LogP contribution in [0.1, 0.15) is 22.8 Å². The summed E-state index contributed by atoms with van der Waals surface area (Å²) in [7, 11) is 0. The summed E-state index contributed by atoms with van der Waals surface area (Å²) >= 11 is 0. The van der Waals surface area contributed by atoms with E-state index in [2.05, 4.69) is 0 Å². The molecule has 17 heavy (non-hydrogen) atoms. The molecule has 0 unspecified atom stereocenters. The average Bonchev–Trinajstić information content (AvgIpc) is 2.82. The maximum atomic E-state index is 12.2. The van der Waals surface area contributed by atoms with Crippen LogP contribution in [-0.2, 0) is 6.42 Å². The van der Waals surface area contributed by atoms with E-state index in [0.717, 1.165) is 23.3 Å². The van der Waals surface area contributed by atoms with Crippen LogP contribution in [0.25, 0.3) is 0 Å². The first-order valence-electron chi connectivity index (χ1n) is 6.01. The molecule has 4 nitrogen and oxygen atoms in total. The van der Waals surface area contributed by atoms with Crippen molar-refractivity contribution in [2.45, 2.75) is 13.3 Å². The van der Waals surface area contributed by atoms with Crippen molar-refractivity contribution in [1.82, 2.24) is 4.90 Å². The van der Waals surface area contributed by atoms with E-state index in [0.29, 0.717) is 26.2 Å². The number of likely N-dealkylation sites (N-methyl/N-ethyl adjacent to an activating group) is 1. The van der Waals surface area contributed by atoms with Crippen molar-refractivity contribution < 1.29 is 9.53 Å². The van der Waals surface area contributed by atoms with Crippen LogP contribution in [0.4, 0.5) is 0 Å². The maximum Gasteiger partial charge on any atom is 0.253 e. The number of ether oxygens (including phenoxy) is 1. The van der Waals surface area contributed by atoms with Crippen molar-refractivity contribution in [3.63, 3.8) is 0 Å². The van der Waals surface area contributed by atoms with Crippen molar-refractivity contribution in [3.8, 4) is 5.75 Å². The van der Waals surface area contributed by atoms with Crippen LogP contribution < -0.4 is 10.5 Å². The Balaban J connectivity index is 2.19. The molecule has 2 rings (SSSR count). The predicted molar refractivity (Wildman–Crippen MR) is 66.3 cm³/mol. The zero-order valence-corrected chi connectivity index (χ0v) is 10.1. The number of carbonyl (C=O) groups is 1. The van der Waals surface area contributed by atoms with Crippen molar-refractivity contribution >= 4 is 5.91 Å². The van der Waals surface area contributed by atoms with Gasteiger partial charge in [-0.15, -0.1) is 0 Å². The Morgan fingerprint density at radius 3 is 3.06 bits per heavy atom. The first kappa shape index (κ1) is 11.9. The number of hydrogen-bond acceptors (Lipinski definition) is 3. The third-order valence-electron chi connectivity index (χ3n) is 3.00. The molecular weight excluding hydrogens is 216 g/mol. The van der Waals surface area contributed by atoms with Gasteiger partial charge in [0.05, 0.1) is 6.61 Å². The second-order valence-corrected chi connectivity index (χ2v) is 4.09. The molecular formula is C13H18N2O2. The molecule has 1 aromatic carbocycles. The molecule has 1 aromatic rings. The van der Waals surface area contributed by atoms with Gasteiger partial charge in [0.15, 0.2) is 0 Å². The average molecular weight is 234 g/mol. The quantitative estimate of drug-likeness (QED) is 0.847. The van der Waals surface area contributed by atoms with Crippen LogP contribution >= 0.6 is 0 Å². The first-order valence-corrected chi connectivity index (χ1v) is 6.01. The van der Waals surface area contributed by atoms with E-state index < -0.39 is 0 Å². The summed E-state index contributed by atoms with van der Waals surface area (Å²) in [5, 5.41) is 0. The van der Waals surface area contributed by atoms with Gasteiger partial charge in [-0.3, -0.25) is 4.79 Å². The van der Waals surface area contributed by atoms with Crippen molar-refractivity contribution in [2.75, 3.05) is 26.2 Å². The van der Waals surface area contributed by atoms with Crippen LogP contribution in [-0.4, -0.2) is 37.0 Å². The highest BCUT2D eigenvalue weighted by molar-refractivity contribution is 5.94. The molecule has 0 fully saturated rings. The fourth-order valence-electron chi connectivity index (χ4n) is 2.06. The van der Waals surface area contributed by atoms with Crippen LogP contribution in [0, 0.1) is 0 Å². The van der Waals surface area contributed by atoms with Gasteiger partial charge in [-0.2, -0.15) is 0 Å². The van der Waals surface area contributed by atoms with E-state index in [-0.39, 0.29) is 5.91 Å². The van der Waals surface area contributed by atoms with Crippen LogP contribution in [0.5, 0.6) is 5.75 Å². The fourth-order valence-corrected chi connectivity index (χ4v) is 2.06. The first-order chi connectivity index (χ1) is 8.26. The third-order valence-corrected chi connectivity index (χ3v) is 3.00. The highest BCUT2D eigenvalue weighted by Crippen LogP contribution is 2.26. The van der Waals surface area contributed by atoms with Gasteiger partial charge in [0.25, 0.3) is 5.91 Å². The van der Waals surface area contributed by atoms with Gasteiger partial charge in [-0.1, -0.05) is 0 Å². The lowest BCUT2D eigenvalue weighted by Crippen LogP contribution is -2.35. The summed E-state index contributed by atoms with van der Waals surface area (Å²) < 4.78 is 5.42. The molecule has 1 heterocycles. The largest absolute Gasteiger partial charge is 0.493 e. The van der Waals surface area contributed by atoms with Gasteiger partial charge in [-0.25, -0.2) is 0 Å². The second kappa shape index (κ2) is 5.19. The molecule has 0 aromatic heterocycles. The van der Waals surface area contributed by atoms with Crippen molar-refractivity contribution in [3.05, 3.63) is 29.3 Å². The number of carbonyl (C=O) groups excluding carboxylic acids is 1. The van der Waals surface area contributed by atoms with Crippen LogP contribution in [0.15, 0.2) is 18.2 Å². The molecule has 2 N–H and O–H groups in total. The highest BCUT2D eigenvalue weighted by Gasteiger charge is 2.17. The van der Waals surface area contributed by atoms with E-state index in [4.69, 9.17) is 10.5 Å². The topological polar surface area (TPSA) is 55.6 Å². The number of nitrogens with zero attached hydrogens (tertiary/aromatic N) is 1. The summed E-state index contributed by atoms with van der Waals surface area (Å²) in [6.07, 6.45) is 0.888. The van der Waals surface area contributed by atoms with Gasteiger partial charge in [0.1, 0.15) is 5.75 Å². The SMILES string of the molecule is CCN(CCN)C(=O)c1ccc2c(c1)CCO2. The number of benzene rings is 1. The Bertz CT molecular complexity index is 418. The number of rotatable bonds is 4. The van der Waals surface area contributed by atoms with Gasteiger partial charge in [0, 0.05) is 31.6 Å². The molecule has 0 aliphatic carbocycles. The Kier molecular flexibility index (Phi) is 3.64. The Morgan fingerprint density at radius 1 is 1.53 bits per heavy atom. The van der Waals surface area contributed by atoms with Gasteiger partial charge < -0.3 is 15.4 Å². The van der Waals surface area contributed by atoms with Crippen LogP contribution in [0.3, 0.4) is 0 Å². The second-order valence-electron chi connectivity index (χ2n) is 4.09. The Hall–Kier alpha value is -1.55. The number of amides is 1. The van der Waals surface area contributed by atoms with E-state index >= 15 is 0 Å². The zero-order chi connectivity index (χ0) is 12.3. The van der Waals surface area contributed by atoms with E-state index in [1.165, 1.54) is 0 Å². The predicted octanol–water partition coefficient (Wildman–Crippen LogP) is 1.04. The smallest absolute Gasteiger partial charge is 0.253 e. The van der Waals surface area contributed by atoms with Gasteiger partial charge >= 0.3 is 0 Å². The molecule has 1 aliphatic rings. The van der Waals surface area contributed by atoms with Crippen LogP contribution in [0.2, 0.25) is 0 Å². The zero-order valence-electron chi connectivity index (χ0n) is 10.1. The molecule has 0 saturated carbocycles. The van der Waals surface area contributed by atoms with Gasteiger partial charge in [-0.05, 0) is 30.7 Å². The molecule has 0 bridgehead atoms. The van der Waals surface area contributed by atoms with Crippen molar-refractivity contribution in [2.24, 2.45) is 5.73 Å². The number of hydrogen-bond donors (Lipinski definition) is 1. The molecule has 0 saturated heterocycles. The fraction of sp³-hybridized carbons (Fsp3) is 0.462. The summed E-state index contributed by atoms with van der Waals surface area (Å²) in [6, 6.07) is 5.64. The molecule has 0 spiro atoms. The lowest BCUT2D eigenvalue weighted by atomic mass is 10.1. The molecule has 92 valence electrons. The third kappa shape index (κ3) is 2.42. The Morgan fingerprint density at radius 2 is 2.35 bits per heavy atom. The number of fused-ring (bicyclic) bond motifs is 1. The normalized spacial score (nSPS) is 13.1. The molecule has 0 atom stereocenters. The molecule has 1 amide bonds. The minimum atomic E-state index is 0.0488. The molecule has 0 radical (unpaired) electrons. The minimum Gasteiger partial charge on any atom is -0.493 e. The lowest BCUT2D eigenvalue weighted by Gasteiger charge is -2.20. The van der Waals surface area contributed by atoms with E-state index in [1.54, 1.807) is 4.90 Å². The summed E-state index contributed by atoms with van der Waals surface area (Å²) in [5.41, 5.74) is 7.35. The minimum absolute atomic E-state index is 0.0488. The summed E-state index contributed by atoms with van der Waals surface area (Å²) in [6.45, 7) is 4.46. The van der Waals surface area contributed by atoms with E-state index in [9.17, 15) is 4.79 Å². The number of nitrogens with two attached hydrogens (primary N) is 1. The van der Waals surface area contributed by atoms with Gasteiger partial charge in [0.2, 0.25) is 0 Å². The molecule has 4 heteroatoms. The molecule has 1 aliphatic heterocycles. The lowest BCUT2D eigenvalue weighted by molar-refractivity contribution is 0.0769. The Labute approximate surface area is 101 Å². The van der Waals surface area contributed by atoms with E-state index in [1.807, 2.05) is 25.1 Å². The monoisotopic (exact) mass is 234 g/mol. The summed E-state index contributed by atoms with van der Waals surface area (Å²) in [5.74, 6) is 0.955. The highest BCUT2D eigenvalue weighted by atomic mass is 16.5. The maximum absolute atomic E-state index is 12.2. The van der Waals surface area contributed by atoms with Crippen molar-refractivity contribution in [1.29, 1.82) is 0 Å². The standard InChI is InChI=1S/C13H18N2O2/c1-2-15(7-6-14)13(16)11-3-4-12-10(9-11)5-8-17-12/h3-4,9H,2,5-8,14H2,1H3.